The number of benzene rings is 1. The third kappa shape index (κ3) is 3.49. The lowest BCUT2D eigenvalue weighted by molar-refractivity contribution is 0.906. The molecule has 0 spiro atoms. The van der Waals surface area contributed by atoms with Crippen molar-refractivity contribution in [1.29, 1.82) is 0 Å². The van der Waals surface area contributed by atoms with Crippen LogP contribution in [0.3, 0.4) is 0 Å². The number of hydrogen-bond acceptors (Lipinski definition) is 6. The molecule has 144 valence electrons. The molecule has 0 saturated heterocycles. The summed E-state index contributed by atoms with van der Waals surface area (Å²) in [6.45, 7) is 8.11. The average molecular weight is 412 g/mol. The Morgan fingerprint density at radius 3 is 2.64 bits per heavy atom. The fourth-order valence-corrected chi connectivity index (χ4v) is 4.82. The number of nitrogens with one attached hydrogen (secondary N) is 2. The van der Waals surface area contributed by atoms with Crippen LogP contribution in [0.5, 0.6) is 0 Å². The van der Waals surface area contributed by atoms with E-state index < -0.39 is 0 Å². The standard InChI is InChI=1S/C20H21N5OS2/c1-5-13-6-8-14(9-7-13)17-23-20(25-24-17)28-12(4)16-21-18(26)15-10(2)11(3)27-19(15)22-16/h6-9,12H,5H2,1-4H3,(H,21,22,26)(H,23,24,25)/t12-/m0/s1. The molecule has 3 heterocycles. The van der Waals surface area contributed by atoms with Gasteiger partial charge in [0.25, 0.3) is 5.56 Å². The summed E-state index contributed by atoms with van der Waals surface area (Å²) >= 11 is 3.02. The molecule has 0 amide bonds. The van der Waals surface area contributed by atoms with Crippen LogP contribution in [0, 0.1) is 13.8 Å². The van der Waals surface area contributed by atoms with Gasteiger partial charge in [0.05, 0.1) is 10.6 Å². The Hall–Kier alpha value is -2.45. The van der Waals surface area contributed by atoms with Crippen LogP contribution < -0.4 is 5.56 Å². The van der Waals surface area contributed by atoms with Gasteiger partial charge in [-0.05, 0) is 38.3 Å². The lowest BCUT2D eigenvalue weighted by Gasteiger charge is -2.07. The van der Waals surface area contributed by atoms with Crippen molar-refractivity contribution in [2.45, 2.75) is 44.5 Å². The summed E-state index contributed by atoms with van der Waals surface area (Å²) in [7, 11) is 0. The van der Waals surface area contributed by atoms with Gasteiger partial charge in [-0.1, -0.05) is 43.0 Å². The first kappa shape index (κ1) is 18.9. The molecular formula is C20H21N5OS2. The Labute approximate surface area is 170 Å². The highest BCUT2D eigenvalue weighted by atomic mass is 32.2. The molecule has 3 aromatic heterocycles. The second kappa shape index (κ2) is 7.52. The Bertz CT molecular complexity index is 1190. The molecule has 4 rings (SSSR count). The summed E-state index contributed by atoms with van der Waals surface area (Å²) in [5.74, 6) is 1.38. The highest BCUT2D eigenvalue weighted by Gasteiger charge is 2.18. The van der Waals surface area contributed by atoms with Crippen LogP contribution in [0.25, 0.3) is 21.6 Å². The number of aryl methyl sites for hydroxylation is 3. The number of aromatic amines is 2. The molecule has 0 radical (unpaired) electrons. The van der Waals surface area contributed by atoms with Crippen molar-refractivity contribution in [2.24, 2.45) is 0 Å². The van der Waals surface area contributed by atoms with Crippen LogP contribution in [0.15, 0.2) is 34.2 Å². The molecule has 1 atom stereocenters. The van der Waals surface area contributed by atoms with E-state index in [-0.39, 0.29) is 10.8 Å². The normalized spacial score (nSPS) is 12.6. The van der Waals surface area contributed by atoms with Crippen molar-refractivity contribution in [3.8, 4) is 11.4 Å². The van der Waals surface area contributed by atoms with E-state index in [4.69, 9.17) is 0 Å². The lowest BCUT2D eigenvalue weighted by atomic mass is 10.1. The number of rotatable bonds is 5. The minimum Gasteiger partial charge on any atom is -0.309 e. The molecule has 0 bridgehead atoms. The zero-order valence-electron chi connectivity index (χ0n) is 16.2. The first-order valence-electron chi connectivity index (χ1n) is 9.14. The van der Waals surface area contributed by atoms with Gasteiger partial charge >= 0.3 is 0 Å². The van der Waals surface area contributed by atoms with E-state index in [1.807, 2.05) is 32.9 Å². The van der Waals surface area contributed by atoms with Crippen molar-refractivity contribution in [3.05, 3.63) is 56.4 Å². The van der Waals surface area contributed by atoms with Crippen LogP contribution in [-0.4, -0.2) is 25.1 Å². The van der Waals surface area contributed by atoms with Gasteiger partial charge in [0, 0.05) is 10.4 Å². The van der Waals surface area contributed by atoms with Gasteiger partial charge in [0.2, 0.25) is 5.16 Å². The van der Waals surface area contributed by atoms with Gasteiger partial charge in [0.15, 0.2) is 5.82 Å². The van der Waals surface area contributed by atoms with Gasteiger partial charge in [-0.25, -0.2) is 9.97 Å². The smallest absolute Gasteiger partial charge is 0.259 e. The number of H-pyrrole nitrogens is 2. The predicted molar refractivity (Wildman–Crippen MR) is 115 cm³/mol. The third-order valence-electron chi connectivity index (χ3n) is 4.83. The predicted octanol–water partition coefficient (Wildman–Crippen LogP) is 4.80. The Balaban J connectivity index is 1.57. The van der Waals surface area contributed by atoms with E-state index >= 15 is 0 Å². The summed E-state index contributed by atoms with van der Waals surface area (Å²) < 4.78 is 0. The van der Waals surface area contributed by atoms with E-state index in [2.05, 4.69) is 44.2 Å². The molecule has 28 heavy (non-hydrogen) atoms. The first-order valence-corrected chi connectivity index (χ1v) is 10.8. The molecular weight excluding hydrogens is 390 g/mol. The molecule has 1 aromatic carbocycles. The molecule has 2 N–H and O–H groups in total. The quantitative estimate of drug-likeness (QED) is 0.461. The SMILES string of the molecule is CCc1ccc(-c2nc(S[C@@H](C)c3nc4sc(C)c(C)c4c(=O)[nH]3)n[nH]2)cc1. The number of thioether (sulfide) groups is 1. The number of thiophene rings is 1. The number of fused-ring (bicyclic) bond motifs is 1. The molecule has 4 aromatic rings. The maximum atomic E-state index is 12.5. The van der Waals surface area contributed by atoms with Gasteiger partial charge in [-0.15, -0.1) is 16.4 Å². The topological polar surface area (TPSA) is 87.3 Å². The number of aromatic nitrogens is 5. The maximum Gasteiger partial charge on any atom is 0.259 e. The van der Waals surface area contributed by atoms with Crippen LogP contribution in [0.2, 0.25) is 0 Å². The zero-order chi connectivity index (χ0) is 19.8. The highest BCUT2D eigenvalue weighted by molar-refractivity contribution is 7.99. The second-order valence-corrected chi connectivity index (χ2v) is 9.20. The molecule has 0 saturated carbocycles. The zero-order valence-corrected chi connectivity index (χ0v) is 17.8. The van der Waals surface area contributed by atoms with Crippen molar-refractivity contribution in [2.75, 3.05) is 0 Å². The Kier molecular flexibility index (Phi) is 5.07. The molecule has 8 heteroatoms. The van der Waals surface area contributed by atoms with E-state index in [0.717, 1.165) is 33.1 Å². The summed E-state index contributed by atoms with van der Waals surface area (Å²) in [4.78, 5) is 26.6. The lowest BCUT2D eigenvalue weighted by Crippen LogP contribution is -2.12. The van der Waals surface area contributed by atoms with E-state index in [1.54, 1.807) is 11.3 Å². The van der Waals surface area contributed by atoms with Crippen LogP contribution in [0.1, 0.15) is 40.9 Å². The summed E-state index contributed by atoms with van der Waals surface area (Å²) in [6, 6.07) is 8.29. The molecule has 0 aliphatic heterocycles. The number of hydrogen-bond donors (Lipinski definition) is 2. The van der Waals surface area contributed by atoms with E-state index in [9.17, 15) is 4.79 Å². The Morgan fingerprint density at radius 1 is 1.18 bits per heavy atom. The van der Waals surface area contributed by atoms with E-state index in [0.29, 0.717) is 16.4 Å². The Morgan fingerprint density at radius 2 is 1.93 bits per heavy atom. The molecule has 0 aliphatic carbocycles. The molecule has 0 aliphatic rings. The van der Waals surface area contributed by atoms with Crippen molar-refractivity contribution in [1.82, 2.24) is 25.1 Å². The van der Waals surface area contributed by atoms with Crippen molar-refractivity contribution in [3.63, 3.8) is 0 Å². The number of nitrogens with zero attached hydrogens (tertiary/aromatic N) is 3. The fraction of sp³-hybridized carbons (Fsp3) is 0.300. The fourth-order valence-electron chi connectivity index (χ4n) is 3.00. The summed E-state index contributed by atoms with van der Waals surface area (Å²) in [5.41, 5.74) is 3.21. The van der Waals surface area contributed by atoms with Gasteiger partial charge in [0.1, 0.15) is 10.7 Å². The van der Waals surface area contributed by atoms with Crippen LogP contribution in [0.4, 0.5) is 0 Å². The van der Waals surface area contributed by atoms with Crippen LogP contribution >= 0.6 is 23.1 Å². The van der Waals surface area contributed by atoms with Crippen molar-refractivity contribution < 1.29 is 0 Å². The minimum atomic E-state index is -0.0824. The van der Waals surface area contributed by atoms with Gasteiger partial charge in [-0.2, -0.15) is 0 Å². The maximum absolute atomic E-state index is 12.5. The largest absolute Gasteiger partial charge is 0.309 e. The molecule has 6 nitrogen and oxygen atoms in total. The minimum absolute atomic E-state index is 0.0778. The molecule has 0 unspecified atom stereocenters. The summed E-state index contributed by atoms with van der Waals surface area (Å²) in [5, 5.41) is 8.55. The van der Waals surface area contributed by atoms with Gasteiger partial charge < -0.3 is 4.98 Å². The van der Waals surface area contributed by atoms with E-state index in [1.165, 1.54) is 17.3 Å². The van der Waals surface area contributed by atoms with Gasteiger partial charge in [-0.3, -0.25) is 9.89 Å². The second-order valence-electron chi connectivity index (χ2n) is 6.69. The summed E-state index contributed by atoms with van der Waals surface area (Å²) in [6.07, 6.45) is 1.01. The van der Waals surface area contributed by atoms with Crippen LogP contribution in [-0.2, 0) is 6.42 Å². The average Bonchev–Trinajstić information content (AvgIpc) is 3.26. The third-order valence-corrected chi connectivity index (χ3v) is 6.90. The monoisotopic (exact) mass is 411 g/mol. The molecule has 0 fully saturated rings. The first-order chi connectivity index (χ1) is 13.5. The highest BCUT2D eigenvalue weighted by Crippen LogP contribution is 2.33. The van der Waals surface area contributed by atoms with Crippen molar-refractivity contribution >= 4 is 33.3 Å².